The van der Waals surface area contributed by atoms with E-state index in [1.54, 1.807) is 31.2 Å². The molecule has 2 aromatic rings. The van der Waals surface area contributed by atoms with Gasteiger partial charge in [-0.15, -0.1) is 0 Å². The summed E-state index contributed by atoms with van der Waals surface area (Å²) in [5.41, 5.74) is 2.25. The summed E-state index contributed by atoms with van der Waals surface area (Å²) >= 11 is 0.311. The van der Waals surface area contributed by atoms with Gasteiger partial charge in [0.2, 0.25) is 0 Å². The van der Waals surface area contributed by atoms with E-state index in [9.17, 15) is 19.2 Å². The number of Topliss-reactive ketones (excluding diaryl/α,β-unsaturated/α-hetero) is 1. The largest absolute Gasteiger partial charge is 0.478 e. The van der Waals surface area contributed by atoms with Crippen molar-refractivity contribution in [2.45, 2.75) is 136 Å². The Hall–Kier alpha value is -0.927. The first kappa shape index (κ1) is 55.2. The molecule has 3 atom stereocenters. The van der Waals surface area contributed by atoms with Crippen LogP contribution in [0.5, 0.6) is 0 Å². The van der Waals surface area contributed by atoms with Gasteiger partial charge < -0.3 is 15.7 Å². The molecule has 0 radical (unpaired) electrons. The Labute approximate surface area is 380 Å². The molecule has 8 nitrogen and oxygen atoms in total. The molecule has 293 valence electrons. The number of ketones is 1. The second-order valence-electron chi connectivity index (χ2n) is 14.9. The van der Waals surface area contributed by atoms with Crippen molar-refractivity contribution >= 4 is 38.1 Å². The summed E-state index contributed by atoms with van der Waals surface area (Å²) in [7, 11) is 0. The number of aromatic carboxylic acids is 1. The summed E-state index contributed by atoms with van der Waals surface area (Å²) < 4.78 is 0.975. The van der Waals surface area contributed by atoms with Crippen LogP contribution in [0.4, 0.5) is 16.2 Å². The molecule has 3 amide bonds. The minimum Gasteiger partial charge on any atom is -0.478 e. The van der Waals surface area contributed by atoms with Gasteiger partial charge in [0.15, 0.2) is 0 Å². The van der Waals surface area contributed by atoms with Crippen molar-refractivity contribution in [2.75, 3.05) is 10.6 Å². The zero-order valence-electron chi connectivity index (χ0n) is 32.9. The van der Waals surface area contributed by atoms with Gasteiger partial charge in [0, 0.05) is 77.9 Å². The van der Waals surface area contributed by atoms with Crippen molar-refractivity contribution in [2.24, 2.45) is 23.7 Å². The molecule has 6 rings (SSSR count). The van der Waals surface area contributed by atoms with Crippen molar-refractivity contribution in [3.63, 3.8) is 0 Å². The molecule has 4 fully saturated rings. The fourth-order valence-electron chi connectivity index (χ4n) is 7.27. The third kappa shape index (κ3) is 21.0. The van der Waals surface area contributed by atoms with Crippen LogP contribution < -0.4 is 19.0 Å². The number of carbonyl (C=O) groups excluding carboxylic acids is 3. The number of carbonyl (C=O) groups is 4. The molecule has 13 heteroatoms. The fraction of sp³-hybridized carbons (Fsp3) is 0.610. The van der Waals surface area contributed by atoms with E-state index >= 15 is 0 Å². The predicted octanol–water partition coefficient (Wildman–Crippen LogP) is 9.46. The SMILES string of the molecule is C1CCCC1.CC(=O)c1ccc(NC(=O)CC2CCC(C)C2C)[c-][c]1[Hg].CC1CCCC1.O=C(Nc1ccc(C(=O)O)cc1)NC1CCCC1.[Fe].[Fe].[He].[Hf]. The minimum absolute atomic E-state index is 0. The third-order valence-electron chi connectivity index (χ3n) is 10.7. The number of anilines is 2. The van der Waals surface area contributed by atoms with Crippen LogP contribution in [0.1, 0.15) is 151 Å². The van der Waals surface area contributed by atoms with Crippen molar-refractivity contribution < 1.29 is 117 Å². The summed E-state index contributed by atoms with van der Waals surface area (Å²) in [6, 6.07) is 12.9. The molecule has 0 spiro atoms. The Morgan fingerprint density at radius 1 is 0.759 bits per heavy atom. The second-order valence-corrected chi connectivity index (χ2v) is 17.6. The van der Waals surface area contributed by atoms with Gasteiger partial charge >= 0.3 is 155 Å². The molecule has 4 aliphatic carbocycles. The van der Waals surface area contributed by atoms with Gasteiger partial charge in [0.25, 0.3) is 0 Å². The van der Waals surface area contributed by atoms with Crippen LogP contribution in [0.15, 0.2) is 36.4 Å². The monoisotopic (exact) mass is 1170 g/mol. The van der Waals surface area contributed by atoms with E-state index in [1.165, 1.54) is 76.3 Å². The van der Waals surface area contributed by atoms with Crippen LogP contribution in [0, 0.1) is 35.9 Å². The maximum atomic E-state index is 12.2. The number of nitrogens with one attached hydrogen (secondary N) is 3. The first-order valence-corrected chi connectivity index (χ1v) is 21.8. The van der Waals surface area contributed by atoms with Gasteiger partial charge in [0.1, 0.15) is 0 Å². The van der Waals surface area contributed by atoms with Gasteiger partial charge in [-0.25, -0.2) is 9.59 Å². The van der Waals surface area contributed by atoms with Crippen molar-refractivity contribution in [1.82, 2.24) is 5.32 Å². The van der Waals surface area contributed by atoms with Crippen LogP contribution in [0.25, 0.3) is 0 Å². The van der Waals surface area contributed by atoms with Crippen LogP contribution in [-0.4, -0.2) is 34.8 Å². The third-order valence-corrected chi connectivity index (χ3v) is 12.9. The Kier molecular flexibility index (Phi) is 30.8. The summed E-state index contributed by atoms with van der Waals surface area (Å²) in [6.07, 6.45) is 20.8. The van der Waals surface area contributed by atoms with Crippen molar-refractivity contribution in [3.05, 3.63) is 53.6 Å². The maximum Gasteiger partial charge on any atom is 0.335 e. The minimum atomic E-state index is -0.975. The van der Waals surface area contributed by atoms with Crippen LogP contribution >= 0.6 is 0 Å². The number of hydrogen-bond donors (Lipinski definition) is 4. The van der Waals surface area contributed by atoms with E-state index in [4.69, 9.17) is 5.11 Å². The molecule has 0 bridgehead atoms. The molecular weight excluding hydrogens is 1110 g/mol. The number of urea groups is 1. The average Bonchev–Trinajstić information content (AvgIpc) is 3.92. The molecule has 4 saturated carbocycles. The molecular formula is C41H59Fe2HeHfHgN3O5-. The second kappa shape index (κ2) is 30.2. The normalized spacial score (nSPS) is 19.9. The zero-order chi connectivity index (χ0) is 36.5. The van der Waals surface area contributed by atoms with Crippen molar-refractivity contribution in [3.8, 4) is 0 Å². The molecule has 2 aromatic carbocycles. The van der Waals surface area contributed by atoms with Crippen LogP contribution in [0.2, 0.25) is 0 Å². The van der Waals surface area contributed by atoms with Gasteiger partial charge in [-0.3, -0.25) is 0 Å². The van der Waals surface area contributed by atoms with E-state index in [-0.39, 0.29) is 95.5 Å². The Balaban J connectivity index is 0. The number of carboxylic acid groups (broad SMARTS) is 1. The van der Waals surface area contributed by atoms with E-state index in [0.29, 0.717) is 55.8 Å². The number of benzene rings is 2. The summed E-state index contributed by atoms with van der Waals surface area (Å²) in [4.78, 5) is 45.9. The standard InChI is InChI=1S/C17H21NO2.C13H16N2O3.C6H12.C5H10.2Fe.He.Hf.Hg/c1-11-4-5-15(12(11)2)10-17(20)18-16-8-6-14(7-9-16)13(3)19;16-12(17)9-5-7-11(8-6-9)15-13(18)14-10-3-1-2-4-10;1-6-4-2-3-5-6;1-2-4-5-3-1;;;;;/h6,8,11-12,15H,4-5,10H2,1-3H3,(H,18,20);5-8,10H,1-4H2,(H,16,17)(H2,14,15,18);6H,2-5H2,1H3;1-5H2;;;;;/q-1;;;;;;;;. The van der Waals surface area contributed by atoms with Crippen molar-refractivity contribution in [1.29, 1.82) is 0 Å². The van der Waals surface area contributed by atoms with E-state index in [2.05, 4.69) is 42.8 Å². The molecule has 4 aliphatic rings. The van der Waals surface area contributed by atoms with Gasteiger partial charge in [-0.05, 0) is 43.0 Å². The molecule has 0 aliphatic heterocycles. The predicted molar refractivity (Wildman–Crippen MR) is 198 cm³/mol. The fourth-order valence-corrected chi connectivity index (χ4v) is 9.44. The number of amides is 3. The molecule has 0 saturated heterocycles. The molecule has 3 unspecified atom stereocenters. The Morgan fingerprint density at radius 2 is 1.30 bits per heavy atom. The molecule has 0 aromatic heterocycles. The summed E-state index contributed by atoms with van der Waals surface area (Å²) in [6.45, 7) is 8.43. The first-order valence-electron chi connectivity index (χ1n) is 19.0. The van der Waals surface area contributed by atoms with Crippen LogP contribution in [0.3, 0.4) is 0 Å². The number of rotatable bonds is 7. The average molecular weight is 1170 g/mol. The molecule has 54 heavy (non-hydrogen) atoms. The zero-order valence-corrected chi connectivity index (χ0v) is 44.2. The van der Waals surface area contributed by atoms with Gasteiger partial charge in [0.05, 0.1) is 5.56 Å². The smallest absolute Gasteiger partial charge is 0.335 e. The maximum absolute atomic E-state index is 12.2. The topological polar surface area (TPSA) is 125 Å². The summed E-state index contributed by atoms with van der Waals surface area (Å²) in [5.74, 6) is 2.05. The quantitative estimate of drug-likeness (QED) is 0.125. The Bertz CT molecular complexity index is 1380. The van der Waals surface area contributed by atoms with E-state index in [1.807, 2.05) is 0 Å². The van der Waals surface area contributed by atoms with Gasteiger partial charge in [-0.1, -0.05) is 77.6 Å². The van der Waals surface area contributed by atoms with E-state index < -0.39 is 5.97 Å². The first-order chi connectivity index (χ1) is 23.9. The van der Waals surface area contributed by atoms with E-state index in [0.717, 1.165) is 52.6 Å². The molecule has 4 N–H and O–H groups in total. The van der Waals surface area contributed by atoms with Crippen LogP contribution in [-0.2, 0) is 90.9 Å². The molecule has 0 heterocycles. The summed E-state index contributed by atoms with van der Waals surface area (Å²) in [5, 5.41) is 17.3. The Morgan fingerprint density at radius 3 is 1.72 bits per heavy atom. The number of hydrogen-bond acceptors (Lipinski definition) is 4. The number of carboxylic acids is 1. The van der Waals surface area contributed by atoms with Gasteiger partial charge in [-0.2, -0.15) is 0 Å².